The highest BCUT2D eigenvalue weighted by molar-refractivity contribution is 5.92. The molecule has 4 rings (SSSR count). The average molecular weight is 384 g/mol. The summed E-state index contributed by atoms with van der Waals surface area (Å²) in [5.74, 6) is 0.146. The highest BCUT2D eigenvalue weighted by atomic mass is 19.1. The standard InChI is InChI=1S/C19H18F2N6O/c1-13-23-24-19-18(22-6-7-27(13)19)26-10-8-25(9-11-26)17(28)5-2-14-12-15(20)3-4-16(14)21/h2-7,12H,8-11H2,1H3/b5-2+. The molecule has 3 aromatic rings. The molecule has 9 heteroatoms. The van der Waals surface area contributed by atoms with Gasteiger partial charge in [-0.05, 0) is 31.2 Å². The van der Waals surface area contributed by atoms with Crippen molar-refractivity contribution in [2.24, 2.45) is 0 Å². The maximum Gasteiger partial charge on any atom is 0.246 e. The van der Waals surface area contributed by atoms with Crippen molar-refractivity contribution in [1.82, 2.24) is 24.5 Å². The van der Waals surface area contributed by atoms with Gasteiger partial charge in [0.25, 0.3) is 0 Å². The fourth-order valence-electron chi connectivity index (χ4n) is 3.20. The number of fused-ring (bicyclic) bond motifs is 1. The van der Waals surface area contributed by atoms with Crippen molar-refractivity contribution in [2.45, 2.75) is 6.92 Å². The second-order valence-electron chi connectivity index (χ2n) is 6.50. The Morgan fingerprint density at radius 3 is 2.71 bits per heavy atom. The smallest absolute Gasteiger partial charge is 0.246 e. The molecular weight excluding hydrogens is 366 g/mol. The quantitative estimate of drug-likeness (QED) is 0.647. The molecule has 0 bridgehead atoms. The van der Waals surface area contributed by atoms with Gasteiger partial charge >= 0.3 is 0 Å². The topological polar surface area (TPSA) is 66.6 Å². The number of carbonyl (C=O) groups excluding carboxylic acids is 1. The van der Waals surface area contributed by atoms with Crippen LogP contribution in [-0.2, 0) is 4.79 Å². The van der Waals surface area contributed by atoms with E-state index in [-0.39, 0.29) is 11.5 Å². The molecule has 1 saturated heterocycles. The zero-order valence-corrected chi connectivity index (χ0v) is 15.2. The number of hydrogen-bond acceptors (Lipinski definition) is 5. The van der Waals surface area contributed by atoms with Gasteiger partial charge in [-0.2, -0.15) is 0 Å². The summed E-state index contributed by atoms with van der Waals surface area (Å²) in [6.07, 6.45) is 6.08. The van der Waals surface area contributed by atoms with E-state index in [4.69, 9.17) is 0 Å². The zero-order valence-electron chi connectivity index (χ0n) is 15.2. The fourth-order valence-corrected chi connectivity index (χ4v) is 3.20. The molecule has 2 aromatic heterocycles. The van der Waals surface area contributed by atoms with E-state index >= 15 is 0 Å². The van der Waals surface area contributed by atoms with Crippen molar-refractivity contribution < 1.29 is 13.6 Å². The van der Waals surface area contributed by atoms with Crippen molar-refractivity contribution >= 4 is 23.4 Å². The van der Waals surface area contributed by atoms with Gasteiger partial charge in [-0.15, -0.1) is 10.2 Å². The normalized spacial score (nSPS) is 15.0. The van der Waals surface area contributed by atoms with Gasteiger partial charge in [0, 0.05) is 50.2 Å². The fraction of sp³-hybridized carbons (Fsp3) is 0.263. The minimum absolute atomic E-state index is 0.0463. The lowest BCUT2D eigenvalue weighted by Gasteiger charge is -2.34. The number of nitrogens with zero attached hydrogens (tertiary/aromatic N) is 6. The predicted molar refractivity (Wildman–Crippen MR) is 99.7 cm³/mol. The molecule has 1 aromatic carbocycles. The molecule has 0 atom stereocenters. The number of aryl methyl sites for hydroxylation is 1. The zero-order chi connectivity index (χ0) is 19.7. The third kappa shape index (κ3) is 3.42. The summed E-state index contributed by atoms with van der Waals surface area (Å²) in [4.78, 5) is 20.5. The number of halogens is 2. The van der Waals surface area contributed by atoms with E-state index < -0.39 is 11.6 Å². The molecule has 1 aliphatic rings. The van der Waals surface area contributed by atoms with Gasteiger partial charge in [-0.3, -0.25) is 9.20 Å². The van der Waals surface area contributed by atoms with Crippen molar-refractivity contribution in [3.8, 4) is 0 Å². The first-order valence-corrected chi connectivity index (χ1v) is 8.86. The van der Waals surface area contributed by atoms with Gasteiger partial charge in [0.15, 0.2) is 5.82 Å². The minimum Gasteiger partial charge on any atom is -0.350 e. The summed E-state index contributed by atoms with van der Waals surface area (Å²) in [7, 11) is 0. The van der Waals surface area contributed by atoms with Gasteiger partial charge in [0.2, 0.25) is 11.6 Å². The molecule has 28 heavy (non-hydrogen) atoms. The monoisotopic (exact) mass is 384 g/mol. The third-order valence-electron chi connectivity index (χ3n) is 4.73. The first-order valence-electron chi connectivity index (χ1n) is 8.86. The van der Waals surface area contributed by atoms with E-state index in [0.717, 1.165) is 29.8 Å². The van der Waals surface area contributed by atoms with Crippen LogP contribution in [0.5, 0.6) is 0 Å². The largest absolute Gasteiger partial charge is 0.350 e. The molecule has 1 fully saturated rings. The first kappa shape index (κ1) is 18.0. The molecule has 1 aliphatic heterocycles. The van der Waals surface area contributed by atoms with Crippen molar-refractivity contribution in [2.75, 3.05) is 31.1 Å². The summed E-state index contributed by atoms with van der Waals surface area (Å²) >= 11 is 0. The molecule has 144 valence electrons. The Morgan fingerprint density at radius 1 is 1.14 bits per heavy atom. The SMILES string of the molecule is Cc1nnc2c(N3CCN(C(=O)/C=C/c4cc(F)ccc4F)CC3)nccn12. The summed E-state index contributed by atoms with van der Waals surface area (Å²) in [5, 5.41) is 8.25. The molecule has 0 aliphatic carbocycles. The number of piperazine rings is 1. The lowest BCUT2D eigenvalue weighted by atomic mass is 10.2. The van der Waals surface area contributed by atoms with Crippen LogP contribution in [0.3, 0.4) is 0 Å². The van der Waals surface area contributed by atoms with Crippen LogP contribution in [0.4, 0.5) is 14.6 Å². The molecule has 7 nitrogen and oxygen atoms in total. The van der Waals surface area contributed by atoms with Crippen LogP contribution >= 0.6 is 0 Å². The third-order valence-corrected chi connectivity index (χ3v) is 4.73. The number of carbonyl (C=O) groups is 1. The second kappa shape index (κ2) is 7.34. The van der Waals surface area contributed by atoms with Crippen molar-refractivity contribution in [3.63, 3.8) is 0 Å². The number of aromatic nitrogens is 4. The summed E-state index contributed by atoms with van der Waals surface area (Å²) in [6, 6.07) is 3.14. The Bertz CT molecular complexity index is 1060. The lowest BCUT2D eigenvalue weighted by Crippen LogP contribution is -2.48. The van der Waals surface area contributed by atoms with E-state index in [1.807, 2.05) is 17.5 Å². The van der Waals surface area contributed by atoms with E-state index in [0.29, 0.717) is 31.8 Å². The van der Waals surface area contributed by atoms with Crippen LogP contribution < -0.4 is 4.90 Å². The molecule has 0 saturated carbocycles. The highest BCUT2D eigenvalue weighted by Gasteiger charge is 2.23. The predicted octanol–water partition coefficient (Wildman–Crippen LogP) is 2.07. The Labute approximate surface area is 159 Å². The Hall–Kier alpha value is -3.36. The Kier molecular flexibility index (Phi) is 4.72. The van der Waals surface area contributed by atoms with E-state index in [9.17, 15) is 13.6 Å². The maximum atomic E-state index is 13.7. The van der Waals surface area contributed by atoms with Crippen LogP contribution in [0.25, 0.3) is 11.7 Å². The summed E-state index contributed by atoms with van der Waals surface area (Å²) in [5.41, 5.74) is 0.728. The molecule has 3 heterocycles. The summed E-state index contributed by atoms with van der Waals surface area (Å²) in [6.45, 7) is 4.03. The van der Waals surface area contributed by atoms with E-state index in [1.54, 1.807) is 11.1 Å². The molecule has 0 radical (unpaired) electrons. The number of anilines is 1. The van der Waals surface area contributed by atoms with Gasteiger partial charge in [-0.25, -0.2) is 13.8 Å². The van der Waals surface area contributed by atoms with Crippen LogP contribution in [0.2, 0.25) is 0 Å². The number of hydrogen-bond donors (Lipinski definition) is 0. The van der Waals surface area contributed by atoms with Gasteiger partial charge < -0.3 is 9.80 Å². The minimum atomic E-state index is -0.571. The van der Waals surface area contributed by atoms with Crippen molar-refractivity contribution in [3.05, 3.63) is 59.7 Å². The molecule has 0 spiro atoms. The van der Waals surface area contributed by atoms with E-state index in [1.165, 1.54) is 12.2 Å². The molecule has 0 unspecified atom stereocenters. The Balaban J connectivity index is 1.43. The average Bonchev–Trinajstić information content (AvgIpc) is 3.10. The number of benzene rings is 1. The second-order valence-corrected chi connectivity index (χ2v) is 6.50. The summed E-state index contributed by atoms with van der Waals surface area (Å²) < 4.78 is 28.8. The van der Waals surface area contributed by atoms with Crippen LogP contribution in [0.15, 0.2) is 36.7 Å². The highest BCUT2D eigenvalue weighted by Crippen LogP contribution is 2.19. The van der Waals surface area contributed by atoms with Crippen LogP contribution in [-0.4, -0.2) is 56.6 Å². The van der Waals surface area contributed by atoms with Crippen molar-refractivity contribution in [1.29, 1.82) is 0 Å². The maximum absolute atomic E-state index is 13.7. The van der Waals surface area contributed by atoms with Gasteiger partial charge in [0.1, 0.15) is 17.5 Å². The molecular formula is C19H18F2N6O. The number of amides is 1. The van der Waals surface area contributed by atoms with E-state index in [2.05, 4.69) is 20.1 Å². The van der Waals surface area contributed by atoms with Crippen LogP contribution in [0, 0.1) is 18.6 Å². The Morgan fingerprint density at radius 2 is 1.93 bits per heavy atom. The van der Waals surface area contributed by atoms with Gasteiger partial charge in [0.05, 0.1) is 0 Å². The van der Waals surface area contributed by atoms with Crippen LogP contribution in [0.1, 0.15) is 11.4 Å². The molecule has 0 N–H and O–H groups in total. The first-order chi connectivity index (χ1) is 13.5. The molecule has 1 amide bonds. The lowest BCUT2D eigenvalue weighted by molar-refractivity contribution is -0.126. The number of rotatable bonds is 3. The van der Waals surface area contributed by atoms with Gasteiger partial charge in [-0.1, -0.05) is 0 Å².